The van der Waals surface area contributed by atoms with Crippen molar-refractivity contribution in [2.24, 2.45) is 11.8 Å². The first-order valence-corrected chi connectivity index (χ1v) is 7.65. The van der Waals surface area contributed by atoms with Gasteiger partial charge in [0, 0.05) is 5.56 Å². The van der Waals surface area contributed by atoms with Crippen LogP contribution in [-0.2, 0) is 6.18 Å². The van der Waals surface area contributed by atoms with Gasteiger partial charge in [-0.3, -0.25) is 0 Å². The van der Waals surface area contributed by atoms with E-state index < -0.39 is 11.7 Å². The average molecular weight is 320 g/mol. The first-order chi connectivity index (χ1) is 10.7. The third-order valence-corrected chi connectivity index (χ3v) is 4.54. The zero-order valence-corrected chi connectivity index (χ0v) is 13.6. The van der Waals surface area contributed by atoms with E-state index in [0.717, 1.165) is 16.7 Å². The molecule has 0 amide bonds. The predicted octanol–water partition coefficient (Wildman–Crippen LogP) is 5.81. The van der Waals surface area contributed by atoms with E-state index in [1.165, 1.54) is 13.2 Å². The summed E-state index contributed by atoms with van der Waals surface area (Å²) in [4.78, 5) is 0. The molecule has 2 aliphatic carbocycles. The molecule has 1 atom stereocenters. The molecule has 2 aliphatic rings. The maximum Gasteiger partial charge on any atom is 0.420 e. The number of halogens is 3. The zero-order chi connectivity index (χ0) is 16.9. The minimum absolute atomic E-state index is 0.0876. The Hall–Kier alpha value is -1.97. The second-order valence-corrected chi connectivity index (χ2v) is 6.42. The fourth-order valence-corrected chi connectivity index (χ4v) is 3.29. The summed E-state index contributed by atoms with van der Waals surface area (Å²) in [6, 6.07) is 1.21. The van der Waals surface area contributed by atoms with Gasteiger partial charge in [-0.15, -0.1) is 0 Å². The Bertz CT molecular complexity index is 749. The standard InChI is InChI=1S/C19H19F3O/c1-10(2)12-5-6-13-9-16(19(20,21)22)18(23-4)15-7-11(3)14(8-12)17(13)15/h5-10,12H,1-4H3. The number of alkyl halides is 3. The normalized spacial score (nSPS) is 19.4. The lowest BCUT2D eigenvalue weighted by molar-refractivity contribution is -0.138. The van der Waals surface area contributed by atoms with Gasteiger partial charge in [-0.2, -0.15) is 13.2 Å². The number of benzene rings is 1. The highest BCUT2D eigenvalue weighted by Gasteiger charge is 2.38. The lowest BCUT2D eigenvalue weighted by Crippen LogP contribution is -2.10. The zero-order valence-electron chi connectivity index (χ0n) is 13.6. The van der Waals surface area contributed by atoms with E-state index in [1.807, 2.05) is 19.1 Å². The van der Waals surface area contributed by atoms with E-state index in [9.17, 15) is 13.2 Å². The molecule has 0 radical (unpaired) electrons. The number of allylic oxidation sites excluding steroid dienone is 4. The van der Waals surface area contributed by atoms with Crippen molar-refractivity contribution in [2.75, 3.05) is 7.11 Å². The maximum atomic E-state index is 13.4. The van der Waals surface area contributed by atoms with E-state index in [-0.39, 0.29) is 11.7 Å². The smallest absolute Gasteiger partial charge is 0.420 e. The van der Waals surface area contributed by atoms with Crippen LogP contribution in [0.1, 0.15) is 43.0 Å². The molecule has 1 nitrogen and oxygen atoms in total. The van der Waals surface area contributed by atoms with Crippen molar-refractivity contribution in [3.8, 4) is 5.75 Å². The predicted molar refractivity (Wildman–Crippen MR) is 87.0 cm³/mol. The third kappa shape index (κ3) is 2.50. The summed E-state index contributed by atoms with van der Waals surface area (Å²) in [6.45, 7) is 6.16. The average Bonchev–Trinajstić information content (AvgIpc) is 2.66. The van der Waals surface area contributed by atoms with Crippen LogP contribution in [0.5, 0.6) is 5.75 Å². The summed E-state index contributed by atoms with van der Waals surface area (Å²) in [5.74, 6) is 0.497. The monoisotopic (exact) mass is 320 g/mol. The molecule has 1 unspecified atom stereocenters. The molecular weight excluding hydrogens is 301 g/mol. The molecule has 4 heteroatoms. The van der Waals surface area contributed by atoms with Gasteiger partial charge in [0.1, 0.15) is 5.75 Å². The first kappa shape index (κ1) is 15.9. The second-order valence-electron chi connectivity index (χ2n) is 6.42. The number of ether oxygens (including phenoxy) is 1. The summed E-state index contributed by atoms with van der Waals surface area (Å²) in [5.41, 5.74) is 3.28. The van der Waals surface area contributed by atoms with Crippen molar-refractivity contribution < 1.29 is 17.9 Å². The lowest BCUT2D eigenvalue weighted by atomic mass is 9.91. The van der Waals surface area contributed by atoms with Crippen LogP contribution in [-0.4, -0.2) is 7.11 Å². The number of rotatable bonds is 2. The maximum absolute atomic E-state index is 13.4. The summed E-state index contributed by atoms with van der Waals surface area (Å²) < 4.78 is 45.3. The van der Waals surface area contributed by atoms with Crippen LogP contribution in [0, 0.1) is 11.8 Å². The van der Waals surface area contributed by atoms with Gasteiger partial charge >= 0.3 is 6.18 Å². The highest BCUT2D eigenvalue weighted by atomic mass is 19.4. The number of hydrogen-bond donors (Lipinski definition) is 0. The van der Waals surface area contributed by atoms with Crippen LogP contribution in [0.4, 0.5) is 13.2 Å². The molecule has 0 N–H and O–H groups in total. The molecule has 0 heterocycles. The van der Waals surface area contributed by atoms with E-state index in [4.69, 9.17) is 4.74 Å². The molecule has 0 spiro atoms. The molecule has 0 saturated heterocycles. The van der Waals surface area contributed by atoms with Crippen molar-refractivity contribution in [1.82, 2.24) is 0 Å². The van der Waals surface area contributed by atoms with Gasteiger partial charge in [-0.1, -0.05) is 32.1 Å². The van der Waals surface area contributed by atoms with Crippen LogP contribution >= 0.6 is 0 Å². The van der Waals surface area contributed by atoms with Crippen LogP contribution in [0.2, 0.25) is 0 Å². The summed E-state index contributed by atoms with van der Waals surface area (Å²) >= 11 is 0. The van der Waals surface area contributed by atoms with Gasteiger partial charge in [-0.05, 0) is 53.2 Å². The molecule has 23 heavy (non-hydrogen) atoms. The van der Waals surface area contributed by atoms with Gasteiger partial charge in [-0.25, -0.2) is 0 Å². The van der Waals surface area contributed by atoms with E-state index >= 15 is 0 Å². The molecule has 0 saturated carbocycles. The van der Waals surface area contributed by atoms with Gasteiger partial charge < -0.3 is 4.74 Å². The highest BCUT2D eigenvalue weighted by Crippen LogP contribution is 2.49. The highest BCUT2D eigenvalue weighted by molar-refractivity contribution is 6.00. The van der Waals surface area contributed by atoms with Crippen molar-refractivity contribution in [1.29, 1.82) is 0 Å². The molecule has 3 rings (SSSR count). The SMILES string of the molecule is COc1c(C(F)(F)F)cc2c3c1C=C(C)C3=CC(C(C)C)C=C2. The van der Waals surface area contributed by atoms with Crippen LogP contribution < -0.4 is 4.74 Å². The fourth-order valence-electron chi connectivity index (χ4n) is 3.29. The Kier molecular flexibility index (Phi) is 3.66. The molecule has 1 aromatic carbocycles. The summed E-state index contributed by atoms with van der Waals surface area (Å²) in [5, 5.41) is 0. The Morgan fingerprint density at radius 3 is 2.48 bits per heavy atom. The fraction of sp³-hybridized carbons (Fsp3) is 0.368. The van der Waals surface area contributed by atoms with Gasteiger partial charge in [0.25, 0.3) is 0 Å². The third-order valence-electron chi connectivity index (χ3n) is 4.54. The summed E-state index contributed by atoms with van der Waals surface area (Å²) in [7, 11) is 1.29. The van der Waals surface area contributed by atoms with E-state index in [0.29, 0.717) is 17.0 Å². The topological polar surface area (TPSA) is 9.23 Å². The minimum Gasteiger partial charge on any atom is -0.495 e. The van der Waals surface area contributed by atoms with Crippen LogP contribution in [0.25, 0.3) is 17.7 Å². The first-order valence-electron chi connectivity index (χ1n) is 7.65. The van der Waals surface area contributed by atoms with Crippen molar-refractivity contribution in [3.05, 3.63) is 46.0 Å². The van der Waals surface area contributed by atoms with E-state index in [2.05, 4.69) is 19.9 Å². The summed E-state index contributed by atoms with van der Waals surface area (Å²) in [6.07, 6.45) is 3.32. The molecule has 122 valence electrons. The van der Waals surface area contributed by atoms with Crippen molar-refractivity contribution in [2.45, 2.75) is 26.9 Å². The van der Waals surface area contributed by atoms with Gasteiger partial charge in [0.05, 0.1) is 12.7 Å². The Morgan fingerprint density at radius 1 is 1.22 bits per heavy atom. The number of hydrogen-bond acceptors (Lipinski definition) is 1. The van der Waals surface area contributed by atoms with E-state index in [1.54, 1.807) is 6.08 Å². The Morgan fingerprint density at radius 2 is 1.91 bits per heavy atom. The second kappa shape index (κ2) is 5.29. The number of methoxy groups -OCH3 is 1. The molecule has 0 fully saturated rings. The molecule has 0 aliphatic heterocycles. The van der Waals surface area contributed by atoms with Gasteiger partial charge in [0.15, 0.2) is 0 Å². The van der Waals surface area contributed by atoms with Crippen LogP contribution in [0.3, 0.4) is 0 Å². The largest absolute Gasteiger partial charge is 0.495 e. The minimum atomic E-state index is -4.44. The molecular formula is C19H19F3O. The van der Waals surface area contributed by atoms with Crippen molar-refractivity contribution >= 4 is 17.7 Å². The van der Waals surface area contributed by atoms with Gasteiger partial charge in [0.2, 0.25) is 0 Å². The quantitative estimate of drug-likeness (QED) is 0.668. The van der Waals surface area contributed by atoms with Crippen molar-refractivity contribution in [3.63, 3.8) is 0 Å². The molecule has 0 bridgehead atoms. The molecule has 0 aromatic heterocycles. The Labute approximate surface area is 134 Å². The molecule has 1 aromatic rings. The lowest BCUT2D eigenvalue weighted by Gasteiger charge is -2.17. The van der Waals surface area contributed by atoms with Crippen LogP contribution in [0.15, 0.2) is 23.8 Å². The Balaban J connectivity index is 2.33.